The number of aromatic hydroxyl groups is 1. The molecule has 1 amide bonds. The standard InChI is InChI=1S/C27H26N2O7/c1-13-23(9-7-18-17-4-3-5-19(17)27(34)36-24(13)18)35-14(2)25(31)29-22(26(32)33)10-15-12-28-21-8-6-16(30)11-20(15)21/h6-9,11-12,14,22,28,30H,3-5,10H2,1-2H3,(H,29,31)(H,32,33)/t14-,22+/m1/s1. The first-order valence-electron chi connectivity index (χ1n) is 11.8. The van der Waals surface area contributed by atoms with Gasteiger partial charge in [-0.1, -0.05) is 0 Å². The number of carbonyl (C=O) groups excluding carboxylic acids is 1. The van der Waals surface area contributed by atoms with Crippen molar-refractivity contribution in [2.45, 2.75) is 51.7 Å². The lowest BCUT2D eigenvalue weighted by Crippen LogP contribution is -2.47. The van der Waals surface area contributed by atoms with Gasteiger partial charge in [0.05, 0.1) is 0 Å². The van der Waals surface area contributed by atoms with Gasteiger partial charge < -0.3 is 29.7 Å². The van der Waals surface area contributed by atoms with Crippen LogP contribution in [0, 0.1) is 6.92 Å². The van der Waals surface area contributed by atoms with E-state index in [2.05, 4.69) is 10.3 Å². The molecule has 0 saturated heterocycles. The number of H-pyrrole nitrogens is 1. The van der Waals surface area contributed by atoms with E-state index in [1.54, 1.807) is 31.3 Å². The number of carboxylic acids is 1. The van der Waals surface area contributed by atoms with Crippen molar-refractivity contribution in [2.75, 3.05) is 0 Å². The Hall–Kier alpha value is -4.27. The summed E-state index contributed by atoms with van der Waals surface area (Å²) < 4.78 is 11.5. The molecule has 4 N–H and O–H groups in total. The van der Waals surface area contributed by atoms with Gasteiger partial charge in [-0.2, -0.15) is 0 Å². The number of phenols is 1. The molecule has 9 heteroatoms. The number of aromatic nitrogens is 1. The molecule has 0 unspecified atom stereocenters. The van der Waals surface area contributed by atoms with Crippen molar-refractivity contribution in [1.82, 2.24) is 10.3 Å². The summed E-state index contributed by atoms with van der Waals surface area (Å²) in [5.74, 6) is -1.35. The van der Waals surface area contributed by atoms with Crippen LogP contribution in [0.2, 0.25) is 0 Å². The number of aryl methyl sites for hydroxylation is 2. The number of aromatic amines is 1. The van der Waals surface area contributed by atoms with Crippen molar-refractivity contribution in [3.63, 3.8) is 0 Å². The van der Waals surface area contributed by atoms with Crippen LogP contribution in [0.4, 0.5) is 0 Å². The highest BCUT2D eigenvalue weighted by atomic mass is 16.5. The number of nitrogens with one attached hydrogen (secondary N) is 2. The quantitative estimate of drug-likeness (QED) is 0.291. The molecule has 0 saturated carbocycles. The first-order chi connectivity index (χ1) is 17.2. The second-order valence-corrected chi connectivity index (χ2v) is 9.17. The van der Waals surface area contributed by atoms with Crippen LogP contribution in [0.25, 0.3) is 21.9 Å². The second kappa shape index (κ2) is 9.07. The molecule has 1 aliphatic carbocycles. The fourth-order valence-corrected chi connectivity index (χ4v) is 4.88. The van der Waals surface area contributed by atoms with E-state index >= 15 is 0 Å². The summed E-state index contributed by atoms with van der Waals surface area (Å²) in [5.41, 5.74) is 3.85. The maximum absolute atomic E-state index is 12.9. The van der Waals surface area contributed by atoms with E-state index < -0.39 is 24.0 Å². The zero-order valence-electron chi connectivity index (χ0n) is 19.9. The lowest BCUT2D eigenvalue weighted by Gasteiger charge is -2.20. The minimum Gasteiger partial charge on any atom is -0.508 e. The minimum atomic E-state index is -1.21. The van der Waals surface area contributed by atoms with Gasteiger partial charge >= 0.3 is 11.6 Å². The Morgan fingerprint density at radius 3 is 2.72 bits per heavy atom. The molecule has 1 aliphatic rings. The maximum atomic E-state index is 12.9. The Kier molecular flexibility index (Phi) is 5.91. The molecule has 36 heavy (non-hydrogen) atoms. The number of hydrogen-bond donors (Lipinski definition) is 4. The van der Waals surface area contributed by atoms with Gasteiger partial charge in [0, 0.05) is 40.0 Å². The van der Waals surface area contributed by atoms with E-state index in [1.807, 2.05) is 6.07 Å². The third-order valence-corrected chi connectivity index (χ3v) is 6.80. The van der Waals surface area contributed by atoms with E-state index in [0.717, 1.165) is 34.9 Å². The number of amides is 1. The van der Waals surface area contributed by atoms with Crippen LogP contribution in [0.5, 0.6) is 11.5 Å². The molecule has 2 aromatic carbocycles. The normalized spacial score (nSPS) is 14.5. The predicted octanol–water partition coefficient (Wildman–Crippen LogP) is 3.36. The summed E-state index contributed by atoms with van der Waals surface area (Å²) in [7, 11) is 0. The zero-order valence-corrected chi connectivity index (χ0v) is 19.9. The molecule has 0 spiro atoms. The molecule has 9 nitrogen and oxygen atoms in total. The summed E-state index contributed by atoms with van der Waals surface area (Å²) in [6.45, 7) is 3.29. The van der Waals surface area contributed by atoms with E-state index in [-0.39, 0.29) is 17.8 Å². The Bertz CT molecular complexity index is 1570. The molecule has 2 aromatic heterocycles. The third kappa shape index (κ3) is 4.17. The first-order valence-corrected chi connectivity index (χ1v) is 11.8. The number of fused-ring (bicyclic) bond motifs is 4. The summed E-state index contributed by atoms with van der Waals surface area (Å²) in [4.78, 5) is 40.2. The van der Waals surface area contributed by atoms with Crippen molar-refractivity contribution < 1.29 is 29.0 Å². The molecule has 0 aliphatic heterocycles. The van der Waals surface area contributed by atoms with Gasteiger partial charge in [0.1, 0.15) is 23.1 Å². The Morgan fingerprint density at radius 1 is 1.17 bits per heavy atom. The van der Waals surface area contributed by atoms with Crippen molar-refractivity contribution in [3.8, 4) is 11.5 Å². The fourth-order valence-electron chi connectivity index (χ4n) is 4.88. The number of benzene rings is 2. The van der Waals surface area contributed by atoms with Crippen LogP contribution < -0.4 is 15.7 Å². The number of phenolic OH excluding ortho intramolecular Hbond substituents is 1. The van der Waals surface area contributed by atoms with Gasteiger partial charge in [-0.05, 0) is 74.6 Å². The zero-order chi connectivity index (χ0) is 25.6. The number of hydrogen-bond acceptors (Lipinski definition) is 6. The van der Waals surface area contributed by atoms with Gasteiger partial charge in [0.15, 0.2) is 6.10 Å². The van der Waals surface area contributed by atoms with Crippen molar-refractivity contribution in [2.24, 2.45) is 0 Å². The van der Waals surface area contributed by atoms with Gasteiger partial charge in [-0.25, -0.2) is 9.59 Å². The van der Waals surface area contributed by atoms with Crippen LogP contribution >= 0.6 is 0 Å². The molecule has 0 radical (unpaired) electrons. The van der Waals surface area contributed by atoms with Crippen molar-refractivity contribution in [1.29, 1.82) is 0 Å². The number of aliphatic carboxylic acids is 1. The van der Waals surface area contributed by atoms with E-state index in [0.29, 0.717) is 34.3 Å². The van der Waals surface area contributed by atoms with Gasteiger partial charge in [0.25, 0.3) is 5.91 Å². The molecule has 2 heterocycles. The van der Waals surface area contributed by atoms with Crippen LogP contribution in [-0.2, 0) is 28.9 Å². The van der Waals surface area contributed by atoms with Crippen LogP contribution in [0.1, 0.15) is 35.6 Å². The van der Waals surface area contributed by atoms with Gasteiger partial charge in [0.2, 0.25) is 0 Å². The minimum absolute atomic E-state index is 0.0164. The molecule has 186 valence electrons. The molecule has 4 aromatic rings. The smallest absolute Gasteiger partial charge is 0.339 e. The highest BCUT2D eigenvalue weighted by Gasteiger charge is 2.27. The maximum Gasteiger partial charge on any atom is 0.339 e. The average molecular weight is 491 g/mol. The monoisotopic (exact) mass is 490 g/mol. The summed E-state index contributed by atoms with van der Waals surface area (Å²) in [6, 6.07) is 7.15. The van der Waals surface area contributed by atoms with Crippen LogP contribution in [0.3, 0.4) is 0 Å². The molecule has 0 fully saturated rings. The van der Waals surface area contributed by atoms with Crippen molar-refractivity contribution >= 4 is 33.7 Å². The number of ether oxygens (including phenoxy) is 1. The summed E-state index contributed by atoms with van der Waals surface area (Å²) in [6.07, 6.45) is 3.13. The topological polar surface area (TPSA) is 142 Å². The highest BCUT2D eigenvalue weighted by molar-refractivity contribution is 5.89. The molecule has 0 bridgehead atoms. The lowest BCUT2D eigenvalue weighted by molar-refractivity contribution is -0.142. The largest absolute Gasteiger partial charge is 0.508 e. The Morgan fingerprint density at radius 2 is 1.94 bits per heavy atom. The van der Waals surface area contributed by atoms with Crippen molar-refractivity contribution in [3.05, 3.63) is 69.2 Å². The van der Waals surface area contributed by atoms with Crippen LogP contribution in [-0.4, -0.2) is 39.2 Å². The Balaban J connectivity index is 1.33. The summed E-state index contributed by atoms with van der Waals surface area (Å²) >= 11 is 0. The van der Waals surface area contributed by atoms with E-state index in [9.17, 15) is 24.6 Å². The summed E-state index contributed by atoms with van der Waals surface area (Å²) in [5, 5.41) is 23.6. The SMILES string of the molecule is Cc1c(O[C@H](C)C(=O)N[C@@H](Cc2c[nH]c3ccc(O)cc23)C(=O)O)ccc2c3c(c(=O)oc12)CCC3. The number of rotatable bonds is 7. The molecule has 5 rings (SSSR count). The Labute approximate surface area is 205 Å². The third-order valence-electron chi connectivity index (χ3n) is 6.80. The molecular weight excluding hydrogens is 464 g/mol. The van der Waals surface area contributed by atoms with Crippen LogP contribution in [0.15, 0.2) is 45.7 Å². The molecular formula is C27H26N2O7. The second-order valence-electron chi connectivity index (χ2n) is 9.17. The fraction of sp³-hybridized carbons (Fsp3) is 0.296. The van der Waals surface area contributed by atoms with Gasteiger partial charge in [-0.15, -0.1) is 0 Å². The van der Waals surface area contributed by atoms with E-state index in [4.69, 9.17) is 9.15 Å². The van der Waals surface area contributed by atoms with E-state index in [1.165, 1.54) is 13.0 Å². The average Bonchev–Trinajstić information content (AvgIpc) is 3.49. The number of carbonyl (C=O) groups is 2. The highest BCUT2D eigenvalue weighted by Crippen LogP contribution is 2.33. The first kappa shape index (κ1) is 23.5. The van der Waals surface area contributed by atoms with Gasteiger partial charge in [-0.3, -0.25) is 4.79 Å². The predicted molar refractivity (Wildman–Crippen MR) is 133 cm³/mol. The molecule has 2 atom stereocenters. The lowest BCUT2D eigenvalue weighted by atomic mass is 10.0. The number of carboxylic acid groups (broad SMARTS) is 1.